The van der Waals surface area contributed by atoms with Crippen molar-refractivity contribution in [2.75, 3.05) is 25.0 Å². The van der Waals surface area contributed by atoms with Gasteiger partial charge in [0.2, 0.25) is 0 Å². The van der Waals surface area contributed by atoms with E-state index in [9.17, 15) is 13.6 Å². The van der Waals surface area contributed by atoms with Gasteiger partial charge in [-0.05, 0) is 49.0 Å². The van der Waals surface area contributed by atoms with Gasteiger partial charge in [-0.2, -0.15) is 0 Å². The fraction of sp³-hybridized carbons (Fsp3) is 0.200. The van der Waals surface area contributed by atoms with E-state index >= 15 is 0 Å². The Bertz CT molecular complexity index is 920. The second kappa shape index (κ2) is 9.91. The van der Waals surface area contributed by atoms with Gasteiger partial charge in [-0.3, -0.25) is 9.79 Å². The molecule has 1 saturated heterocycles. The number of ether oxygens (including phenoxy) is 1. The first-order valence-corrected chi connectivity index (χ1v) is 10.3. The Labute approximate surface area is 176 Å². The summed E-state index contributed by atoms with van der Waals surface area (Å²) in [5, 5.41) is -0.145. The lowest BCUT2D eigenvalue weighted by Crippen LogP contribution is -2.43. The van der Waals surface area contributed by atoms with Crippen molar-refractivity contribution in [2.24, 2.45) is 4.99 Å². The van der Waals surface area contributed by atoms with Gasteiger partial charge in [0.15, 0.2) is 5.09 Å². The highest BCUT2D eigenvalue weighted by Gasteiger charge is 2.27. The molecule has 0 radical (unpaired) electrons. The molecule has 2 aromatic carbocycles. The topological polar surface area (TPSA) is 45.1 Å². The largest absolute Gasteiger partial charge is 0.448 e. The molecule has 2 aromatic rings. The van der Waals surface area contributed by atoms with Gasteiger partial charge in [0.05, 0.1) is 6.20 Å². The number of thioether (sulfide) groups is 1. The third-order valence-electron chi connectivity index (χ3n) is 3.92. The van der Waals surface area contributed by atoms with E-state index in [0.29, 0.717) is 18.8 Å². The SMILES string of the molecule is C=N/C=C(/Oc1cccc(F)c1)SC(=O)N(C)c1cccc(SN2CC(F)C2)c1. The van der Waals surface area contributed by atoms with Gasteiger partial charge >= 0.3 is 0 Å². The summed E-state index contributed by atoms with van der Waals surface area (Å²) in [6, 6.07) is 13.0. The summed E-state index contributed by atoms with van der Waals surface area (Å²) in [4.78, 5) is 18.7. The molecule has 29 heavy (non-hydrogen) atoms. The Morgan fingerprint density at radius 1 is 1.31 bits per heavy atom. The molecule has 0 aromatic heterocycles. The quantitative estimate of drug-likeness (QED) is 0.333. The molecule has 152 valence electrons. The van der Waals surface area contributed by atoms with E-state index < -0.39 is 12.0 Å². The number of alkyl halides is 1. The summed E-state index contributed by atoms with van der Waals surface area (Å²) in [6.45, 7) is 4.18. The molecule has 0 bridgehead atoms. The van der Waals surface area contributed by atoms with Gasteiger partial charge in [-0.15, -0.1) is 0 Å². The van der Waals surface area contributed by atoms with E-state index in [0.717, 1.165) is 16.7 Å². The highest BCUT2D eigenvalue weighted by molar-refractivity contribution is 8.17. The van der Waals surface area contributed by atoms with Gasteiger partial charge in [-0.25, -0.2) is 13.1 Å². The third kappa shape index (κ3) is 6.06. The predicted molar refractivity (Wildman–Crippen MR) is 115 cm³/mol. The third-order valence-corrected chi connectivity index (χ3v) is 5.78. The molecular formula is C20H19F2N3O2S2. The number of anilines is 1. The number of halogens is 2. The molecule has 1 aliphatic rings. The van der Waals surface area contributed by atoms with Gasteiger partial charge in [0.1, 0.15) is 17.7 Å². The Morgan fingerprint density at radius 2 is 2.07 bits per heavy atom. The van der Waals surface area contributed by atoms with E-state index in [4.69, 9.17) is 4.74 Å². The molecule has 1 heterocycles. The lowest BCUT2D eigenvalue weighted by molar-refractivity contribution is 0.153. The van der Waals surface area contributed by atoms with Crippen molar-refractivity contribution in [2.45, 2.75) is 11.1 Å². The molecule has 1 aliphatic heterocycles. The van der Waals surface area contributed by atoms with Crippen LogP contribution >= 0.6 is 23.7 Å². The second-order valence-corrected chi connectivity index (χ2v) is 8.28. The zero-order valence-electron chi connectivity index (χ0n) is 15.6. The fourth-order valence-electron chi connectivity index (χ4n) is 2.42. The van der Waals surface area contributed by atoms with Crippen molar-refractivity contribution in [1.82, 2.24) is 4.31 Å². The maximum absolute atomic E-state index is 13.4. The zero-order chi connectivity index (χ0) is 20.8. The monoisotopic (exact) mass is 435 g/mol. The van der Waals surface area contributed by atoms with E-state index in [1.807, 2.05) is 22.5 Å². The van der Waals surface area contributed by atoms with Crippen LogP contribution in [0.4, 0.5) is 19.3 Å². The number of aliphatic imine (C=N–C) groups is 1. The van der Waals surface area contributed by atoms with Crippen LogP contribution in [0.3, 0.4) is 0 Å². The van der Waals surface area contributed by atoms with Gasteiger partial charge in [0, 0.05) is 48.5 Å². The maximum Gasteiger partial charge on any atom is 0.293 e. The standard InChI is InChI=1S/C20H19F2N3O2S2/c1-23-11-19(27-17-7-3-5-14(21)9-17)28-20(26)24(2)16-6-4-8-18(10-16)29-25-12-15(22)13-25/h3-11,15H,1,12-13H2,2H3/b19-11-. The van der Waals surface area contributed by atoms with Gasteiger partial charge in [0.25, 0.3) is 5.24 Å². The number of nitrogens with zero attached hydrogens (tertiary/aromatic N) is 3. The van der Waals surface area contributed by atoms with Crippen molar-refractivity contribution in [3.63, 3.8) is 0 Å². The second-order valence-electron chi connectivity index (χ2n) is 6.15. The van der Waals surface area contributed by atoms with E-state index in [1.54, 1.807) is 19.2 Å². The van der Waals surface area contributed by atoms with Crippen molar-refractivity contribution in [3.8, 4) is 5.75 Å². The Balaban J connectivity index is 1.65. The number of hydrogen-bond acceptors (Lipinski definition) is 6. The molecule has 0 spiro atoms. The van der Waals surface area contributed by atoms with Crippen LogP contribution < -0.4 is 9.64 Å². The average molecular weight is 436 g/mol. The minimum absolute atomic E-state index is 0.169. The van der Waals surface area contributed by atoms with Crippen LogP contribution in [-0.2, 0) is 0 Å². The highest BCUT2D eigenvalue weighted by atomic mass is 32.2. The van der Waals surface area contributed by atoms with Crippen molar-refractivity contribution in [3.05, 3.63) is 65.6 Å². The minimum atomic E-state index is -0.770. The van der Waals surface area contributed by atoms with Crippen LogP contribution in [0.2, 0.25) is 0 Å². The average Bonchev–Trinajstić information content (AvgIpc) is 2.66. The van der Waals surface area contributed by atoms with E-state index in [1.165, 1.54) is 41.2 Å². The van der Waals surface area contributed by atoms with Crippen LogP contribution in [0, 0.1) is 5.82 Å². The van der Waals surface area contributed by atoms with Crippen molar-refractivity contribution < 1.29 is 18.3 Å². The van der Waals surface area contributed by atoms with Crippen LogP contribution in [0.5, 0.6) is 5.75 Å². The molecule has 9 heteroatoms. The van der Waals surface area contributed by atoms with E-state index in [-0.39, 0.29) is 16.1 Å². The summed E-state index contributed by atoms with van der Waals surface area (Å²) in [6.07, 6.45) is 0.526. The number of carbonyl (C=O) groups excluding carboxylic acids is 1. The summed E-state index contributed by atoms with van der Waals surface area (Å²) in [5.74, 6) is -0.195. The highest BCUT2D eigenvalue weighted by Crippen LogP contribution is 2.32. The first-order chi connectivity index (χ1) is 13.9. The lowest BCUT2D eigenvalue weighted by atomic mass is 10.3. The van der Waals surface area contributed by atoms with Crippen molar-refractivity contribution in [1.29, 1.82) is 0 Å². The van der Waals surface area contributed by atoms with Crippen molar-refractivity contribution >= 4 is 41.4 Å². The van der Waals surface area contributed by atoms with Crippen LogP contribution in [-0.4, -0.2) is 42.6 Å². The van der Waals surface area contributed by atoms with Crippen LogP contribution in [0.1, 0.15) is 0 Å². The summed E-state index contributed by atoms with van der Waals surface area (Å²) >= 11 is 2.27. The number of benzene rings is 2. The van der Waals surface area contributed by atoms with Crippen LogP contribution in [0.25, 0.3) is 0 Å². The molecule has 1 fully saturated rings. The predicted octanol–water partition coefficient (Wildman–Crippen LogP) is 5.35. The normalized spacial score (nSPS) is 14.9. The molecule has 0 N–H and O–H groups in total. The maximum atomic E-state index is 13.4. The molecule has 3 rings (SSSR count). The molecule has 0 saturated carbocycles. The molecule has 0 unspecified atom stereocenters. The molecule has 0 aliphatic carbocycles. The molecule has 1 amide bonds. The summed E-state index contributed by atoms with van der Waals surface area (Å²) in [5.41, 5.74) is 0.682. The minimum Gasteiger partial charge on any atom is -0.448 e. The Morgan fingerprint density at radius 3 is 2.76 bits per heavy atom. The Hall–Kier alpha value is -2.36. The summed E-state index contributed by atoms with van der Waals surface area (Å²) in [7, 11) is 1.64. The first kappa shape index (κ1) is 21.4. The van der Waals surface area contributed by atoms with Crippen LogP contribution in [0.15, 0.2) is 69.7 Å². The van der Waals surface area contributed by atoms with Gasteiger partial charge in [-0.1, -0.05) is 12.1 Å². The number of hydrogen-bond donors (Lipinski definition) is 0. The first-order valence-electron chi connectivity index (χ1n) is 8.66. The van der Waals surface area contributed by atoms with Gasteiger partial charge < -0.3 is 9.64 Å². The fourth-order valence-corrected chi connectivity index (χ4v) is 4.18. The number of carbonyl (C=O) groups is 1. The molecule has 0 atom stereocenters. The summed E-state index contributed by atoms with van der Waals surface area (Å²) < 4.78 is 33.8. The number of rotatable bonds is 7. The molecular weight excluding hydrogens is 416 g/mol. The Kier molecular flexibility index (Phi) is 7.29. The number of amides is 1. The lowest BCUT2D eigenvalue weighted by Gasteiger charge is -2.32. The smallest absolute Gasteiger partial charge is 0.293 e. The van der Waals surface area contributed by atoms with E-state index in [2.05, 4.69) is 11.7 Å². The zero-order valence-corrected chi connectivity index (χ0v) is 17.3. The molecule has 5 nitrogen and oxygen atoms in total.